The third-order valence-electron chi connectivity index (χ3n) is 2.87. The van der Waals surface area contributed by atoms with E-state index in [1.165, 1.54) is 0 Å². The summed E-state index contributed by atoms with van der Waals surface area (Å²) >= 11 is 3.53. The third-order valence-corrected chi connectivity index (χ3v) is 4.01. The Labute approximate surface area is 115 Å². The average molecular weight is 312 g/mol. The molecule has 0 aromatic carbocycles. The molecule has 0 aliphatic carbocycles. The predicted octanol–water partition coefficient (Wildman–Crippen LogP) is 3.01. The first-order valence-electron chi connectivity index (χ1n) is 6.09. The molecule has 2 rings (SSSR count). The van der Waals surface area contributed by atoms with Crippen molar-refractivity contribution in [3.8, 4) is 0 Å². The summed E-state index contributed by atoms with van der Waals surface area (Å²) < 4.78 is 8.78. The van der Waals surface area contributed by atoms with E-state index in [1.807, 2.05) is 30.7 Å². The number of halogens is 1. The Morgan fingerprint density at radius 1 is 1.33 bits per heavy atom. The van der Waals surface area contributed by atoms with Gasteiger partial charge in [-0.3, -0.25) is 4.68 Å². The summed E-state index contributed by atoms with van der Waals surface area (Å²) in [4.78, 5) is 0. The van der Waals surface area contributed by atoms with Crippen molar-refractivity contribution in [3.05, 3.63) is 39.5 Å². The van der Waals surface area contributed by atoms with E-state index in [0.717, 1.165) is 40.5 Å². The van der Waals surface area contributed by atoms with E-state index >= 15 is 0 Å². The zero-order valence-electron chi connectivity index (χ0n) is 11.0. The molecule has 2 aromatic heterocycles. The quantitative estimate of drug-likeness (QED) is 0.923. The lowest BCUT2D eigenvalue weighted by Gasteiger charge is -2.02. The molecule has 2 aromatic rings. The molecular formula is C13H18BrN3O. The number of furan rings is 1. The van der Waals surface area contributed by atoms with Crippen molar-refractivity contribution in [2.45, 2.75) is 33.9 Å². The van der Waals surface area contributed by atoms with Gasteiger partial charge in [-0.05, 0) is 48.5 Å². The second kappa shape index (κ2) is 5.71. The highest BCUT2D eigenvalue weighted by molar-refractivity contribution is 9.10. The Bertz CT molecular complexity index is 530. The van der Waals surface area contributed by atoms with E-state index in [4.69, 9.17) is 4.42 Å². The SMILES string of the molecule is CCNCc1ccc(Cn2nc(C)c(Br)c2C)o1. The van der Waals surface area contributed by atoms with Crippen molar-refractivity contribution in [1.29, 1.82) is 0 Å². The number of hydrogen-bond acceptors (Lipinski definition) is 3. The maximum atomic E-state index is 5.76. The van der Waals surface area contributed by atoms with Gasteiger partial charge in [0.1, 0.15) is 11.5 Å². The van der Waals surface area contributed by atoms with Gasteiger partial charge in [-0.25, -0.2) is 0 Å². The van der Waals surface area contributed by atoms with Crippen LogP contribution >= 0.6 is 15.9 Å². The molecule has 4 nitrogen and oxygen atoms in total. The molecule has 0 unspecified atom stereocenters. The summed E-state index contributed by atoms with van der Waals surface area (Å²) in [5.74, 6) is 1.90. The molecule has 0 atom stereocenters. The van der Waals surface area contributed by atoms with Crippen LogP contribution in [-0.4, -0.2) is 16.3 Å². The fourth-order valence-electron chi connectivity index (χ4n) is 1.83. The highest BCUT2D eigenvalue weighted by atomic mass is 79.9. The fourth-order valence-corrected chi connectivity index (χ4v) is 2.11. The molecule has 0 bridgehead atoms. The van der Waals surface area contributed by atoms with Gasteiger partial charge >= 0.3 is 0 Å². The summed E-state index contributed by atoms with van der Waals surface area (Å²) in [7, 11) is 0. The standard InChI is InChI=1S/C13H18BrN3O/c1-4-15-7-11-5-6-12(18-11)8-17-10(3)13(14)9(2)16-17/h5-6,15H,4,7-8H2,1-3H3. The summed E-state index contributed by atoms with van der Waals surface area (Å²) in [6.45, 7) is 8.51. The highest BCUT2D eigenvalue weighted by Crippen LogP contribution is 2.21. The lowest BCUT2D eigenvalue weighted by Crippen LogP contribution is -2.10. The second-order valence-corrected chi connectivity index (χ2v) is 5.08. The molecule has 0 fully saturated rings. The Balaban J connectivity index is 2.09. The summed E-state index contributed by atoms with van der Waals surface area (Å²) in [5, 5.41) is 7.71. The van der Waals surface area contributed by atoms with Crippen LogP contribution in [0.2, 0.25) is 0 Å². The minimum absolute atomic E-state index is 0.671. The molecular weight excluding hydrogens is 294 g/mol. The van der Waals surface area contributed by atoms with Gasteiger partial charge in [-0.15, -0.1) is 0 Å². The number of aromatic nitrogens is 2. The first-order chi connectivity index (χ1) is 8.61. The number of aryl methyl sites for hydroxylation is 1. The predicted molar refractivity (Wildman–Crippen MR) is 74.6 cm³/mol. The smallest absolute Gasteiger partial charge is 0.125 e. The maximum absolute atomic E-state index is 5.76. The number of hydrogen-bond donors (Lipinski definition) is 1. The van der Waals surface area contributed by atoms with E-state index in [9.17, 15) is 0 Å². The first-order valence-corrected chi connectivity index (χ1v) is 6.89. The van der Waals surface area contributed by atoms with Crippen LogP contribution in [0.3, 0.4) is 0 Å². The topological polar surface area (TPSA) is 43.0 Å². The van der Waals surface area contributed by atoms with Crippen LogP contribution < -0.4 is 5.32 Å². The molecule has 0 spiro atoms. The fraction of sp³-hybridized carbons (Fsp3) is 0.462. The van der Waals surface area contributed by atoms with Gasteiger partial charge in [-0.2, -0.15) is 5.10 Å². The number of nitrogens with zero attached hydrogens (tertiary/aromatic N) is 2. The molecule has 2 heterocycles. The van der Waals surface area contributed by atoms with E-state index in [1.54, 1.807) is 0 Å². The molecule has 98 valence electrons. The Morgan fingerprint density at radius 3 is 2.67 bits per heavy atom. The molecule has 0 aliphatic heterocycles. The molecule has 0 saturated heterocycles. The van der Waals surface area contributed by atoms with Crippen LogP contribution in [0.4, 0.5) is 0 Å². The van der Waals surface area contributed by atoms with Crippen molar-refractivity contribution in [2.75, 3.05) is 6.54 Å². The van der Waals surface area contributed by atoms with Gasteiger partial charge in [0.05, 0.1) is 29.0 Å². The monoisotopic (exact) mass is 311 g/mol. The van der Waals surface area contributed by atoms with Gasteiger partial charge < -0.3 is 9.73 Å². The van der Waals surface area contributed by atoms with Crippen molar-refractivity contribution in [3.63, 3.8) is 0 Å². The van der Waals surface area contributed by atoms with Gasteiger partial charge in [0, 0.05) is 0 Å². The van der Waals surface area contributed by atoms with Crippen molar-refractivity contribution >= 4 is 15.9 Å². The van der Waals surface area contributed by atoms with E-state index in [0.29, 0.717) is 6.54 Å². The van der Waals surface area contributed by atoms with Crippen LogP contribution in [0, 0.1) is 13.8 Å². The molecule has 1 N–H and O–H groups in total. The minimum atomic E-state index is 0.671. The van der Waals surface area contributed by atoms with Crippen LogP contribution in [0.15, 0.2) is 21.0 Å². The Hall–Kier alpha value is -1.07. The zero-order chi connectivity index (χ0) is 13.1. The lowest BCUT2D eigenvalue weighted by molar-refractivity contribution is 0.430. The summed E-state index contributed by atoms with van der Waals surface area (Å²) in [6, 6.07) is 4.02. The van der Waals surface area contributed by atoms with Crippen LogP contribution in [0.1, 0.15) is 29.8 Å². The van der Waals surface area contributed by atoms with E-state index in [-0.39, 0.29) is 0 Å². The molecule has 0 radical (unpaired) electrons. The van der Waals surface area contributed by atoms with Crippen molar-refractivity contribution < 1.29 is 4.42 Å². The average Bonchev–Trinajstić information content (AvgIpc) is 2.89. The van der Waals surface area contributed by atoms with Gasteiger partial charge in [0.25, 0.3) is 0 Å². The van der Waals surface area contributed by atoms with E-state index < -0.39 is 0 Å². The number of rotatable bonds is 5. The van der Waals surface area contributed by atoms with Gasteiger partial charge in [0.2, 0.25) is 0 Å². The van der Waals surface area contributed by atoms with Gasteiger partial charge in [-0.1, -0.05) is 6.92 Å². The summed E-state index contributed by atoms with van der Waals surface area (Å²) in [6.07, 6.45) is 0. The minimum Gasteiger partial charge on any atom is -0.463 e. The summed E-state index contributed by atoms with van der Waals surface area (Å²) in [5.41, 5.74) is 2.13. The van der Waals surface area contributed by atoms with Gasteiger partial charge in [0.15, 0.2) is 0 Å². The maximum Gasteiger partial charge on any atom is 0.125 e. The largest absolute Gasteiger partial charge is 0.463 e. The van der Waals surface area contributed by atoms with Crippen molar-refractivity contribution in [2.24, 2.45) is 0 Å². The molecule has 0 aliphatic rings. The molecule has 0 amide bonds. The molecule has 5 heteroatoms. The normalized spacial score (nSPS) is 11.1. The van der Waals surface area contributed by atoms with Crippen LogP contribution in [0.5, 0.6) is 0 Å². The highest BCUT2D eigenvalue weighted by Gasteiger charge is 2.10. The Morgan fingerprint density at radius 2 is 2.06 bits per heavy atom. The second-order valence-electron chi connectivity index (χ2n) is 4.29. The molecule has 18 heavy (non-hydrogen) atoms. The number of nitrogens with one attached hydrogen (secondary N) is 1. The van der Waals surface area contributed by atoms with Crippen LogP contribution in [0.25, 0.3) is 0 Å². The van der Waals surface area contributed by atoms with Crippen molar-refractivity contribution in [1.82, 2.24) is 15.1 Å². The first kappa shape index (κ1) is 13.4. The van der Waals surface area contributed by atoms with E-state index in [2.05, 4.69) is 33.3 Å². The van der Waals surface area contributed by atoms with Crippen LogP contribution in [-0.2, 0) is 13.1 Å². The zero-order valence-corrected chi connectivity index (χ0v) is 12.5. The third kappa shape index (κ3) is 2.84. The Kier molecular flexibility index (Phi) is 4.24. The molecule has 0 saturated carbocycles. The lowest BCUT2D eigenvalue weighted by atomic mass is 10.4.